The number of thiophene rings is 1. The number of anilines is 1. The molecular weight excluding hydrogens is 242 g/mol. The third kappa shape index (κ3) is 3.20. The first-order valence-corrected chi connectivity index (χ1v) is 6.88. The standard InChI is InChI=1S/C15H17NOS/c1-16(2)13-6-3-5-12(11-13)15(17)9-8-14-7-4-10-18-14/h3-7,10-11H,8-9H2,1-2H3. The summed E-state index contributed by atoms with van der Waals surface area (Å²) in [4.78, 5) is 15.4. The summed E-state index contributed by atoms with van der Waals surface area (Å²) in [6, 6.07) is 11.9. The number of carbonyl (C=O) groups is 1. The van der Waals surface area contributed by atoms with E-state index in [1.807, 2.05) is 54.7 Å². The van der Waals surface area contributed by atoms with Gasteiger partial charge in [-0.3, -0.25) is 4.79 Å². The molecule has 0 N–H and O–H groups in total. The number of nitrogens with zero attached hydrogens (tertiary/aromatic N) is 1. The van der Waals surface area contributed by atoms with Crippen molar-refractivity contribution >= 4 is 22.8 Å². The summed E-state index contributed by atoms with van der Waals surface area (Å²) in [5, 5.41) is 2.05. The van der Waals surface area contributed by atoms with Crippen molar-refractivity contribution in [3.05, 3.63) is 52.2 Å². The van der Waals surface area contributed by atoms with E-state index < -0.39 is 0 Å². The first kappa shape index (κ1) is 12.8. The zero-order chi connectivity index (χ0) is 13.0. The van der Waals surface area contributed by atoms with Gasteiger partial charge in [0.1, 0.15) is 0 Å². The molecule has 0 aliphatic rings. The second-order valence-electron chi connectivity index (χ2n) is 4.45. The van der Waals surface area contributed by atoms with Crippen LogP contribution in [0.25, 0.3) is 0 Å². The Morgan fingerprint density at radius 2 is 2.06 bits per heavy atom. The van der Waals surface area contributed by atoms with Crippen LogP contribution in [-0.4, -0.2) is 19.9 Å². The van der Waals surface area contributed by atoms with E-state index in [-0.39, 0.29) is 5.78 Å². The Kier molecular flexibility index (Phi) is 4.15. The van der Waals surface area contributed by atoms with Crippen molar-refractivity contribution in [2.75, 3.05) is 19.0 Å². The van der Waals surface area contributed by atoms with Crippen molar-refractivity contribution < 1.29 is 4.79 Å². The summed E-state index contributed by atoms with van der Waals surface area (Å²) < 4.78 is 0. The van der Waals surface area contributed by atoms with Gasteiger partial charge in [-0.15, -0.1) is 11.3 Å². The monoisotopic (exact) mass is 259 g/mol. The zero-order valence-electron chi connectivity index (χ0n) is 10.7. The van der Waals surface area contributed by atoms with Gasteiger partial charge in [-0.05, 0) is 30.0 Å². The molecule has 0 amide bonds. The van der Waals surface area contributed by atoms with Crippen LogP contribution in [0.4, 0.5) is 5.69 Å². The first-order valence-electron chi connectivity index (χ1n) is 6.00. The molecule has 2 rings (SSSR count). The lowest BCUT2D eigenvalue weighted by molar-refractivity contribution is 0.0983. The summed E-state index contributed by atoms with van der Waals surface area (Å²) in [6.07, 6.45) is 1.42. The number of hydrogen-bond donors (Lipinski definition) is 0. The molecule has 0 spiro atoms. The molecule has 2 nitrogen and oxygen atoms in total. The number of Topliss-reactive ketones (excluding diaryl/α,β-unsaturated/α-hetero) is 1. The quantitative estimate of drug-likeness (QED) is 0.764. The van der Waals surface area contributed by atoms with Crippen molar-refractivity contribution in [2.45, 2.75) is 12.8 Å². The smallest absolute Gasteiger partial charge is 0.163 e. The minimum Gasteiger partial charge on any atom is -0.378 e. The van der Waals surface area contributed by atoms with Crippen molar-refractivity contribution in [1.29, 1.82) is 0 Å². The summed E-state index contributed by atoms with van der Waals surface area (Å²) in [5.74, 6) is 0.215. The molecule has 0 unspecified atom stereocenters. The number of hydrogen-bond acceptors (Lipinski definition) is 3. The SMILES string of the molecule is CN(C)c1cccc(C(=O)CCc2cccs2)c1. The zero-order valence-corrected chi connectivity index (χ0v) is 11.5. The second kappa shape index (κ2) is 5.83. The van der Waals surface area contributed by atoms with Crippen LogP contribution in [0.2, 0.25) is 0 Å². The third-order valence-electron chi connectivity index (χ3n) is 2.86. The van der Waals surface area contributed by atoms with Crippen LogP contribution in [0.1, 0.15) is 21.7 Å². The Bertz CT molecular complexity index is 517. The summed E-state index contributed by atoms with van der Waals surface area (Å²) in [6.45, 7) is 0. The normalized spacial score (nSPS) is 10.3. The second-order valence-corrected chi connectivity index (χ2v) is 5.48. The molecule has 18 heavy (non-hydrogen) atoms. The first-order chi connectivity index (χ1) is 8.66. The van der Waals surface area contributed by atoms with Gasteiger partial charge in [-0.2, -0.15) is 0 Å². The van der Waals surface area contributed by atoms with E-state index in [0.29, 0.717) is 6.42 Å². The fraction of sp³-hybridized carbons (Fsp3) is 0.267. The molecule has 1 aromatic heterocycles. The Labute approximate surface area is 112 Å². The molecule has 0 bridgehead atoms. The van der Waals surface area contributed by atoms with E-state index in [1.54, 1.807) is 11.3 Å². The number of aryl methyl sites for hydroxylation is 1. The van der Waals surface area contributed by atoms with Crippen molar-refractivity contribution in [3.8, 4) is 0 Å². The number of ketones is 1. The Morgan fingerprint density at radius 1 is 1.22 bits per heavy atom. The molecule has 1 aromatic carbocycles. The lowest BCUT2D eigenvalue weighted by atomic mass is 10.1. The Morgan fingerprint density at radius 3 is 2.72 bits per heavy atom. The minimum atomic E-state index is 0.215. The van der Waals surface area contributed by atoms with Gasteiger partial charge in [0.2, 0.25) is 0 Å². The predicted octanol–water partition coefficient (Wildman–Crippen LogP) is 3.63. The van der Waals surface area contributed by atoms with Crippen LogP contribution in [0.5, 0.6) is 0 Å². The van der Waals surface area contributed by atoms with E-state index in [0.717, 1.165) is 17.7 Å². The molecular formula is C15H17NOS. The van der Waals surface area contributed by atoms with Crippen LogP contribution in [-0.2, 0) is 6.42 Å². The predicted molar refractivity (Wildman–Crippen MR) is 77.7 cm³/mol. The molecule has 94 valence electrons. The summed E-state index contributed by atoms with van der Waals surface area (Å²) >= 11 is 1.71. The molecule has 0 aliphatic heterocycles. The molecule has 0 radical (unpaired) electrons. The largest absolute Gasteiger partial charge is 0.378 e. The van der Waals surface area contributed by atoms with Crippen LogP contribution in [0.3, 0.4) is 0 Å². The van der Waals surface area contributed by atoms with Gasteiger partial charge in [0.25, 0.3) is 0 Å². The lowest BCUT2D eigenvalue weighted by Crippen LogP contribution is -2.10. The Hall–Kier alpha value is -1.61. The van der Waals surface area contributed by atoms with Gasteiger partial charge in [-0.25, -0.2) is 0 Å². The van der Waals surface area contributed by atoms with Crippen LogP contribution in [0, 0.1) is 0 Å². The number of benzene rings is 1. The summed E-state index contributed by atoms with van der Waals surface area (Å²) in [7, 11) is 3.96. The maximum atomic E-state index is 12.1. The molecule has 0 aliphatic carbocycles. The van der Waals surface area contributed by atoms with E-state index in [9.17, 15) is 4.79 Å². The highest BCUT2D eigenvalue weighted by molar-refractivity contribution is 7.09. The average molecular weight is 259 g/mol. The van der Waals surface area contributed by atoms with Crippen LogP contribution in [0.15, 0.2) is 41.8 Å². The van der Waals surface area contributed by atoms with E-state index >= 15 is 0 Å². The fourth-order valence-corrected chi connectivity index (χ4v) is 2.50. The van der Waals surface area contributed by atoms with Gasteiger partial charge in [0.05, 0.1) is 0 Å². The maximum absolute atomic E-state index is 12.1. The molecule has 0 fully saturated rings. The Balaban J connectivity index is 2.02. The van der Waals surface area contributed by atoms with E-state index in [4.69, 9.17) is 0 Å². The van der Waals surface area contributed by atoms with Crippen molar-refractivity contribution in [2.24, 2.45) is 0 Å². The minimum absolute atomic E-state index is 0.215. The van der Waals surface area contributed by atoms with Crippen LogP contribution >= 0.6 is 11.3 Å². The molecule has 0 saturated carbocycles. The van der Waals surface area contributed by atoms with Gasteiger partial charge in [-0.1, -0.05) is 18.2 Å². The highest BCUT2D eigenvalue weighted by atomic mass is 32.1. The van der Waals surface area contributed by atoms with Crippen molar-refractivity contribution in [3.63, 3.8) is 0 Å². The van der Waals surface area contributed by atoms with Gasteiger partial charge >= 0.3 is 0 Å². The molecule has 3 heteroatoms. The number of rotatable bonds is 5. The highest BCUT2D eigenvalue weighted by Gasteiger charge is 2.07. The molecule has 0 saturated heterocycles. The topological polar surface area (TPSA) is 20.3 Å². The lowest BCUT2D eigenvalue weighted by Gasteiger charge is -2.13. The van der Waals surface area contributed by atoms with E-state index in [1.165, 1.54) is 4.88 Å². The number of carbonyl (C=O) groups excluding carboxylic acids is 1. The maximum Gasteiger partial charge on any atom is 0.163 e. The molecule has 1 heterocycles. The van der Waals surface area contributed by atoms with Gasteiger partial charge in [0.15, 0.2) is 5.78 Å². The fourth-order valence-electron chi connectivity index (χ4n) is 1.79. The highest BCUT2D eigenvalue weighted by Crippen LogP contribution is 2.17. The average Bonchev–Trinajstić information content (AvgIpc) is 2.89. The summed E-state index contributed by atoms with van der Waals surface area (Å²) in [5.41, 5.74) is 1.87. The van der Waals surface area contributed by atoms with Gasteiger partial charge in [0, 0.05) is 36.6 Å². The molecule has 0 atom stereocenters. The van der Waals surface area contributed by atoms with Crippen LogP contribution < -0.4 is 4.90 Å². The third-order valence-corrected chi connectivity index (χ3v) is 3.80. The van der Waals surface area contributed by atoms with E-state index in [2.05, 4.69) is 6.07 Å². The van der Waals surface area contributed by atoms with Gasteiger partial charge < -0.3 is 4.90 Å². The van der Waals surface area contributed by atoms with Crippen molar-refractivity contribution in [1.82, 2.24) is 0 Å². The molecule has 2 aromatic rings.